The Morgan fingerprint density at radius 1 is 1.21 bits per heavy atom. The first-order valence-corrected chi connectivity index (χ1v) is 8.35. The van der Waals surface area contributed by atoms with Crippen LogP contribution in [0.3, 0.4) is 0 Å². The van der Waals surface area contributed by atoms with Crippen molar-refractivity contribution in [1.29, 1.82) is 0 Å². The third kappa shape index (κ3) is 3.87. The summed E-state index contributed by atoms with van der Waals surface area (Å²) in [6.45, 7) is 0. The van der Waals surface area contributed by atoms with E-state index in [0.717, 1.165) is 22.5 Å². The summed E-state index contributed by atoms with van der Waals surface area (Å²) < 4.78 is 25.8. The van der Waals surface area contributed by atoms with Crippen LogP contribution in [0.15, 0.2) is 48.5 Å². The van der Waals surface area contributed by atoms with Crippen LogP contribution in [-0.4, -0.2) is 31.5 Å². The van der Waals surface area contributed by atoms with Gasteiger partial charge in [0.25, 0.3) is 5.69 Å². The molecule has 2 aromatic carbocycles. The molecule has 0 bridgehead atoms. The van der Waals surface area contributed by atoms with Gasteiger partial charge in [0, 0.05) is 19.2 Å². The van der Waals surface area contributed by atoms with Crippen molar-refractivity contribution < 1.29 is 23.2 Å². The van der Waals surface area contributed by atoms with Gasteiger partial charge in [0.05, 0.1) is 21.9 Å². The highest BCUT2D eigenvalue weighted by Gasteiger charge is 2.23. The van der Waals surface area contributed by atoms with Crippen LogP contribution in [-0.2, 0) is 15.8 Å². The highest BCUT2D eigenvalue weighted by Crippen LogP contribution is 2.26. The first-order chi connectivity index (χ1) is 11.2. The van der Waals surface area contributed by atoms with E-state index in [1.807, 2.05) is 0 Å². The number of rotatable bonds is 6. The van der Waals surface area contributed by atoms with Gasteiger partial charge in [-0.05, 0) is 11.6 Å². The molecule has 2 aromatic rings. The van der Waals surface area contributed by atoms with Gasteiger partial charge in [-0.25, -0.2) is 13.2 Å². The fourth-order valence-corrected chi connectivity index (χ4v) is 3.28. The molecular formula is C15H14N2O6S. The Bertz CT molecular complexity index is 848. The van der Waals surface area contributed by atoms with E-state index in [2.05, 4.69) is 0 Å². The van der Waals surface area contributed by atoms with Crippen LogP contribution in [0.4, 0.5) is 11.4 Å². The molecule has 0 radical (unpaired) electrons. The lowest BCUT2D eigenvalue weighted by atomic mass is 10.2. The summed E-state index contributed by atoms with van der Waals surface area (Å²) in [7, 11) is -2.61. The van der Waals surface area contributed by atoms with Gasteiger partial charge < -0.3 is 5.11 Å². The van der Waals surface area contributed by atoms with E-state index < -0.39 is 26.6 Å². The third-order valence-electron chi connectivity index (χ3n) is 3.33. The van der Waals surface area contributed by atoms with Crippen molar-refractivity contribution in [3.63, 3.8) is 0 Å². The zero-order valence-corrected chi connectivity index (χ0v) is 13.4. The number of nitro benzene ring substituents is 1. The number of hydrogen-bond acceptors (Lipinski definition) is 5. The van der Waals surface area contributed by atoms with Crippen LogP contribution >= 0.6 is 0 Å². The van der Waals surface area contributed by atoms with Crippen molar-refractivity contribution in [2.24, 2.45) is 0 Å². The van der Waals surface area contributed by atoms with Crippen molar-refractivity contribution in [3.8, 4) is 0 Å². The molecule has 0 spiro atoms. The maximum atomic E-state index is 12.5. The first-order valence-electron chi connectivity index (χ1n) is 6.74. The molecule has 24 heavy (non-hydrogen) atoms. The Morgan fingerprint density at radius 3 is 2.38 bits per heavy atom. The summed E-state index contributed by atoms with van der Waals surface area (Å²) in [5, 5.41) is 20.0. The zero-order valence-electron chi connectivity index (χ0n) is 12.6. The monoisotopic (exact) mass is 350 g/mol. The minimum Gasteiger partial charge on any atom is -0.478 e. The summed E-state index contributed by atoms with van der Waals surface area (Å²) in [6.07, 6.45) is 0. The second-order valence-electron chi connectivity index (χ2n) is 5.01. The van der Waals surface area contributed by atoms with Gasteiger partial charge in [0.15, 0.2) is 0 Å². The fraction of sp³-hybridized carbons (Fsp3) is 0.133. The molecule has 0 saturated heterocycles. The quantitative estimate of drug-likeness (QED) is 0.630. The lowest BCUT2D eigenvalue weighted by Crippen LogP contribution is -2.28. The Kier molecular flexibility index (Phi) is 4.84. The average molecular weight is 350 g/mol. The molecule has 0 aliphatic rings. The van der Waals surface area contributed by atoms with Gasteiger partial charge in [-0.2, -0.15) is 0 Å². The number of nitrogens with zero attached hydrogens (tertiary/aromatic N) is 2. The molecule has 126 valence electrons. The fourth-order valence-electron chi connectivity index (χ4n) is 2.05. The number of carboxylic acids is 1. The minimum absolute atomic E-state index is 0.0856. The van der Waals surface area contributed by atoms with E-state index in [4.69, 9.17) is 5.11 Å². The molecule has 0 aliphatic carbocycles. The second-order valence-corrected chi connectivity index (χ2v) is 7.01. The van der Waals surface area contributed by atoms with Gasteiger partial charge in [-0.1, -0.05) is 30.3 Å². The summed E-state index contributed by atoms with van der Waals surface area (Å²) in [4.78, 5) is 21.3. The molecule has 8 nitrogen and oxygen atoms in total. The Morgan fingerprint density at radius 2 is 1.83 bits per heavy atom. The highest BCUT2D eigenvalue weighted by molar-refractivity contribution is 7.92. The molecule has 2 rings (SSSR count). The van der Waals surface area contributed by atoms with Crippen LogP contribution in [0, 0.1) is 10.1 Å². The van der Waals surface area contributed by atoms with Crippen molar-refractivity contribution in [2.45, 2.75) is 5.75 Å². The van der Waals surface area contributed by atoms with Crippen molar-refractivity contribution in [3.05, 3.63) is 69.8 Å². The number of non-ortho nitro benzene ring substituents is 1. The summed E-state index contributed by atoms with van der Waals surface area (Å²) >= 11 is 0. The first kappa shape index (κ1) is 17.4. The lowest BCUT2D eigenvalue weighted by molar-refractivity contribution is -0.384. The number of carbonyl (C=O) groups is 1. The number of sulfonamides is 1. The summed E-state index contributed by atoms with van der Waals surface area (Å²) in [5.74, 6) is -1.69. The minimum atomic E-state index is -3.83. The molecular weight excluding hydrogens is 336 g/mol. The molecule has 0 unspecified atom stereocenters. The van der Waals surface area contributed by atoms with Gasteiger partial charge in [-0.15, -0.1) is 0 Å². The van der Waals surface area contributed by atoms with Crippen LogP contribution in [0.5, 0.6) is 0 Å². The van der Waals surface area contributed by atoms with Crippen LogP contribution in [0.25, 0.3) is 0 Å². The average Bonchev–Trinajstić information content (AvgIpc) is 2.54. The molecule has 0 aromatic heterocycles. The second kappa shape index (κ2) is 6.67. The van der Waals surface area contributed by atoms with Gasteiger partial charge in [0.1, 0.15) is 0 Å². The van der Waals surface area contributed by atoms with Crippen molar-refractivity contribution >= 4 is 27.4 Å². The molecule has 0 aliphatic heterocycles. The van der Waals surface area contributed by atoms with E-state index in [1.165, 1.54) is 7.05 Å². The van der Waals surface area contributed by atoms with Gasteiger partial charge in [-0.3, -0.25) is 14.4 Å². The third-order valence-corrected chi connectivity index (χ3v) is 5.08. The van der Waals surface area contributed by atoms with E-state index in [9.17, 15) is 23.3 Å². The molecule has 1 N–H and O–H groups in total. The van der Waals surface area contributed by atoms with Crippen molar-refractivity contribution in [2.75, 3.05) is 11.4 Å². The Hall–Kier alpha value is -2.94. The van der Waals surface area contributed by atoms with Crippen LogP contribution < -0.4 is 4.31 Å². The number of aromatic carboxylic acids is 1. The van der Waals surface area contributed by atoms with E-state index >= 15 is 0 Å². The van der Waals surface area contributed by atoms with Crippen LogP contribution in [0.1, 0.15) is 15.9 Å². The Balaban J connectivity index is 2.42. The lowest BCUT2D eigenvalue weighted by Gasteiger charge is -2.19. The molecule has 0 amide bonds. The summed E-state index contributed by atoms with van der Waals surface area (Å²) in [5.41, 5.74) is -0.390. The van der Waals surface area contributed by atoms with E-state index in [0.29, 0.717) is 5.56 Å². The SMILES string of the molecule is CN(c1cc(C(=O)O)cc([N+](=O)[O-])c1)S(=O)(=O)Cc1ccccc1. The van der Waals surface area contributed by atoms with Crippen LogP contribution in [0.2, 0.25) is 0 Å². The normalized spacial score (nSPS) is 11.0. The maximum absolute atomic E-state index is 12.5. The van der Waals surface area contributed by atoms with E-state index in [-0.39, 0.29) is 17.0 Å². The molecule has 0 saturated carbocycles. The molecule has 0 fully saturated rings. The predicted octanol–water partition coefficient (Wildman–Crippen LogP) is 2.26. The predicted molar refractivity (Wildman–Crippen MR) is 87.5 cm³/mol. The number of carboxylic acid groups (broad SMARTS) is 1. The summed E-state index contributed by atoms with van der Waals surface area (Å²) in [6, 6.07) is 11.4. The van der Waals surface area contributed by atoms with Crippen molar-refractivity contribution in [1.82, 2.24) is 0 Å². The standard InChI is InChI=1S/C15H14N2O6S/c1-16(24(22,23)10-11-5-3-2-4-6-11)13-7-12(15(18)19)8-14(9-13)17(20)21/h2-9H,10H2,1H3,(H,18,19). The molecule has 9 heteroatoms. The smallest absolute Gasteiger partial charge is 0.336 e. The maximum Gasteiger partial charge on any atom is 0.336 e. The van der Waals surface area contributed by atoms with Gasteiger partial charge >= 0.3 is 5.97 Å². The molecule has 0 atom stereocenters. The molecule has 0 heterocycles. The topological polar surface area (TPSA) is 118 Å². The number of anilines is 1. The zero-order chi connectivity index (χ0) is 17.9. The Labute approximate surface area is 138 Å². The van der Waals surface area contributed by atoms with Gasteiger partial charge in [0.2, 0.25) is 10.0 Å². The van der Waals surface area contributed by atoms with E-state index in [1.54, 1.807) is 30.3 Å². The largest absolute Gasteiger partial charge is 0.478 e. The highest BCUT2D eigenvalue weighted by atomic mass is 32.2. The number of nitro groups is 1. The number of hydrogen-bond donors (Lipinski definition) is 1. The number of benzene rings is 2.